The summed E-state index contributed by atoms with van der Waals surface area (Å²) in [5.74, 6) is 0. The van der Waals surface area contributed by atoms with Crippen LogP contribution in [0.15, 0.2) is 30.3 Å². The molecule has 1 aromatic carbocycles. The molecular weight excluding hydrogens is 234 g/mol. The molecule has 0 unspecified atom stereocenters. The maximum Gasteiger partial charge on any atom is 0.299 e. The summed E-state index contributed by atoms with van der Waals surface area (Å²) in [6.07, 6.45) is 0.681. The van der Waals surface area contributed by atoms with Crippen LogP contribution in [0.4, 0.5) is 0 Å². The van der Waals surface area contributed by atoms with Gasteiger partial charge in [0, 0.05) is 23.8 Å². The van der Waals surface area contributed by atoms with E-state index in [1.807, 2.05) is 30.3 Å². The van der Waals surface area contributed by atoms with E-state index in [1.54, 1.807) is 6.92 Å². The van der Waals surface area contributed by atoms with Crippen molar-refractivity contribution in [3.63, 3.8) is 0 Å². The third kappa shape index (κ3) is 4.20. The van der Waals surface area contributed by atoms with E-state index in [0.29, 0.717) is 19.5 Å². The van der Waals surface area contributed by atoms with Gasteiger partial charge in [0.25, 0.3) is 9.24 Å². The Labute approximate surface area is 95.2 Å². The number of likely N-dealkylation sites (N-methyl/N-ethyl adjacent to an activating group) is 1. The summed E-state index contributed by atoms with van der Waals surface area (Å²) in [7, 11) is 1.68. The smallest absolute Gasteiger partial charge is 0.195 e. The maximum absolute atomic E-state index is 11.1. The third-order valence-corrected chi connectivity index (χ3v) is 3.80. The van der Waals surface area contributed by atoms with Crippen molar-refractivity contribution in [3.05, 3.63) is 35.9 Å². The molecule has 1 rings (SSSR count). The van der Waals surface area contributed by atoms with Gasteiger partial charge in [0.1, 0.15) is 0 Å². The van der Waals surface area contributed by atoms with Gasteiger partial charge in [0.2, 0.25) is 0 Å². The third-order valence-electron chi connectivity index (χ3n) is 2.15. The molecule has 0 saturated heterocycles. The molecule has 0 N–H and O–H groups in total. The Morgan fingerprint density at radius 1 is 1.27 bits per heavy atom. The monoisotopic (exact) mass is 247 g/mol. The molecule has 0 aliphatic carbocycles. The lowest BCUT2D eigenvalue weighted by Gasteiger charge is -2.15. The van der Waals surface area contributed by atoms with E-state index < -0.39 is 9.24 Å². The molecule has 0 amide bonds. The van der Waals surface area contributed by atoms with Crippen molar-refractivity contribution < 1.29 is 8.42 Å². The molecule has 0 bridgehead atoms. The molecule has 1 aromatic rings. The van der Waals surface area contributed by atoms with Crippen LogP contribution in [0.3, 0.4) is 0 Å². The highest BCUT2D eigenvalue weighted by Gasteiger charge is 2.15. The zero-order chi connectivity index (χ0) is 11.3. The van der Waals surface area contributed by atoms with Crippen LogP contribution < -0.4 is 0 Å². The average Bonchev–Trinajstić information content (AvgIpc) is 2.18. The van der Waals surface area contributed by atoms with E-state index in [9.17, 15) is 8.42 Å². The van der Waals surface area contributed by atoms with Crippen LogP contribution in [-0.2, 0) is 15.7 Å². The predicted octanol–water partition coefficient (Wildman–Crippen LogP) is 2.03. The fourth-order valence-corrected chi connectivity index (χ4v) is 2.44. The summed E-state index contributed by atoms with van der Waals surface area (Å²) in [6.45, 7) is 2.59. The summed E-state index contributed by atoms with van der Waals surface area (Å²) < 4.78 is 23.4. The van der Waals surface area contributed by atoms with Gasteiger partial charge in [-0.05, 0) is 12.0 Å². The minimum atomic E-state index is -3.58. The molecule has 0 aliphatic rings. The van der Waals surface area contributed by atoms with Crippen LogP contribution in [0.5, 0.6) is 0 Å². The van der Waals surface area contributed by atoms with Crippen molar-refractivity contribution in [1.29, 1.82) is 0 Å². The minimum Gasteiger partial charge on any atom is -0.195 e. The first-order valence-corrected chi connectivity index (χ1v) is 7.04. The highest BCUT2D eigenvalue weighted by atomic mass is 35.7. The van der Waals surface area contributed by atoms with Gasteiger partial charge in [-0.15, -0.1) is 0 Å². The first kappa shape index (κ1) is 12.5. The first-order chi connectivity index (χ1) is 7.04. The van der Waals surface area contributed by atoms with Crippen molar-refractivity contribution in [2.24, 2.45) is 0 Å². The average molecular weight is 248 g/mol. The molecule has 5 heteroatoms. The van der Waals surface area contributed by atoms with Gasteiger partial charge in [-0.2, -0.15) is 12.7 Å². The largest absolute Gasteiger partial charge is 0.299 e. The van der Waals surface area contributed by atoms with Crippen LogP contribution in [0.25, 0.3) is 0 Å². The SMILES string of the molecule is CCN(CCc1ccccc1)S(=O)(=O)Cl. The molecule has 0 spiro atoms. The Kier molecular flexibility index (Phi) is 4.57. The molecule has 0 atom stereocenters. The second-order valence-electron chi connectivity index (χ2n) is 3.17. The van der Waals surface area contributed by atoms with Crippen molar-refractivity contribution in [3.8, 4) is 0 Å². The van der Waals surface area contributed by atoms with E-state index in [4.69, 9.17) is 10.7 Å². The Morgan fingerprint density at radius 3 is 2.33 bits per heavy atom. The second kappa shape index (κ2) is 5.49. The standard InChI is InChI=1S/C10H14ClNO2S/c1-2-12(15(11,13)14)9-8-10-6-4-3-5-7-10/h3-7H,2,8-9H2,1H3. The van der Waals surface area contributed by atoms with E-state index in [1.165, 1.54) is 4.31 Å². The number of benzene rings is 1. The second-order valence-corrected chi connectivity index (χ2v) is 5.68. The van der Waals surface area contributed by atoms with Crippen LogP contribution >= 0.6 is 10.7 Å². The molecule has 0 fully saturated rings. The molecule has 0 saturated carbocycles. The minimum absolute atomic E-state index is 0.401. The van der Waals surface area contributed by atoms with Gasteiger partial charge in [0.05, 0.1) is 0 Å². The van der Waals surface area contributed by atoms with E-state index in [0.717, 1.165) is 5.56 Å². The molecule has 15 heavy (non-hydrogen) atoms. The number of hydrogen-bond acceptors (Lipinski definition) is 2. The zero-order valence-corrected chi connectivity index (χ0v) is 10.1. The van der Waals surface area contributed by atoms with Crippen LogP contribution in [0, 0.1) is 0 Å². The zero-order valence-electron chi connectivity index (χ0n) is 8.56. The van der Waals surface area contributed by atoms with Crippen LogP contribution in [-0.4, -0.2) is 25.8 Å². The lowest BCUT2D eigenvalue weighted by molar-refractivity contribution is 0.442. The molecular formula is C10H14ClNO2S. The number of halogens is 1. The van der Waals surface area contributed by atoms with Gasteiger partial charge in [-0.25, -0.2) is 0 Å². The molecule has 0 aromatic heterocycles. The fourth-order valence-electron chi connectivity index (χ4n) is 1.32. The Hall–Kier alpha value is -0.580. The van der Waals surface area contributed by atoms with Crippen molar-refractivity contribution in [2.75, 3.05) is 13.1 Å². The van der Waals surface area contributed by atoms with E-state index in [-0.39, 0.29) is 0 Å². The fraction of sp³-hybridized carbons (Fsp3) is 0.400. The van der Waals surface area contributed by atoms with Gasteiger partial charge in [0.15, 0.2) is 0 Å². The molecule has 3 nitrogen and oxygen atoms in total. The molecule has 0 radical (unpaired) electrons. The molecule has 0 heterocycles. The van der Waals surface area contributed by atoms with E-state index >= 15 is 0 Å². The Balaban J connectivity index is 2.56. The predicted molar refractivity (Wildman–Crippen MR) is 62.2 cm³/mol. The summed E-state index contributed by atoms with van der Waals surface area (Å²) in [5.41, 5.74) is 1.11. The topological polar surface area (TPSA) is 37.4 Å². The summed E-state index contributed by atoms with van der Waals surface area (Å²) in [6, 6.07) is 9.73. The summed E-state index contributed by atoms with van der Waals surface area (Å²) in [5, 5.41) is 0. The van der Waals surface area contributed by atoms with Crippen LogP contribution in [0.1, 0.15) is 12.5 Å². The lowest BCUT2D eigenvalue weighted by Crippen LogP contribution is -2.29. The number of hydrogen-bond donors (Lipinski definition) is 0. The maximum atomic E-state index is 11.1. The quantitative estimate of drug-likeness (QED) is 0.747. The van der Waals surface area contributed by atoms with Gasteiger partial charge < -0.3 is 0 Å². The number of rotatable bonds is 5. The van der Waals surface area contributed by atoms with Crippen molar-refractivity contribution in [2.45, 2.75) is 13.3 Å². The van der Waals surface area contributed by atoms with Gasteiger partial charge in [-0.1, -0.05) is 37.3 Å². The summed E-state index contributed by atoms with van der Waals surface area (Å²) >= 11 is 0. The van der Waals surface area contributed by atoms with E-state index in [2.05, 4.69) is 0 Å². The summed E-state index contributed by atoms with van der Waals surface area (Å²) in [4.78, 5) is 0. The highest BCUT2D eigenvalue weighted by molar-refractivity contribution is 8.11. The normalized spacial score (nSPS) is 11.9. The van der Waals surface area contributed by atoms with Gasteiger partial charge in [-0.3, -0.25) is 0 Å². The highest BCUT2D eigenvalue weighted by Crippen LogP contribution is 2.08. The number of nitrogens with zero attached hydrogens (tertiary/aromatic N) is 1. The Bertz CT molecular complexity index is 391. The molecule has 0 aliphatic heterocycles. The van der Waals surface area contributed by atoms with Crippen molar-refractivity contribution >= 4 is 19.9 Å². The van der Waals surface area contributed by atoms with Gasteiger partial charge >= 0.3 is 0 Å². The van der Waals surface area contributed by atoms with Crippen LogP contribution in [0.2, 0.25) is 0 Å². The first-order valence-electron chi connectivity index (χ1n) is 4.77. The molecule has 84 valence electrons. The van der Waals surface area contributed by atoms with Crippen molar-refractivity contribution in [1.82, 2.24) is 4.31 Å². The lowest BCUT2D eigenvalue weighted by atomic mass is 10.1. The Morgan fingerprint density at radius 2 is 1.87 bits per heavy atom.